The average Bonchev–Trinajstić information content (AvgIpc) is 2.96. The van der Waals surface area contributed by atoms with Crippen LogP contribution in [0.25, 0.3) is 0 Å². The minimum Gasteiger partial charge on any atom is -0.384 e. The molecule has 2 aromatic rings. The number of aromatic nitrogens is 3. The number of ether oxygens (including phenoxy) is 1. The highest BCUT2D eigenvalue weighted by Gasteiger charge is 2.16. The molecule has 0 spiro atoms. The van der Waals surface area contributed by atoms with Crippen molar-refractivity contribution in [3.63, 3.8) is 0 Å². The lowest BCUT2D eigenvalue weighted by molar-refractivity contribution is -0.122. The van der Waals surface area contributed by atoms with Crippen LogP contribution in [0.15, 0.2) is 33.7 Å². The molecule has 2 heterocycles. The van der Waals surface area contributed by atoms with Crippen LogP contribution >= 0.6 is 0 Å². The fourth-order valence-corrected chi connectivity index (χ4v) is 1.83. The van der Waals surface area contributed by atoms with E-state index in [0.29, 0.717) is 24.7 Å². The Kier molecular flexibility index (Phi) is 5.42. The molecule has 1 amide bonds. The molecular weight excluding hydrogens is 288 g/mol. The van der Waals surface area contributed by atoms with Crippen molar-refractivity contribution < 1.29 is 14.1 Å². The van der Waals surface area contributed by atoms with Crippen LogP contribution in [0, 0.1) is 0 Å². The van der Waals surface area contributed by atoms with E-state index < -0.39 is 6.04 Å². The maximum atomic E-state index is 11.9. The zero-order valence-electron chi connectivity index (χ0n) is 12.5. The van der Waals surface area contributed by atoms with E-state index in [9.17, 15) is 9.59 Å². The lowest BCUT2D eigenvalue weighted by Gasteiger charge is -2.10. The maximum Gasteiger partial charge on any atom is 0.250 e. The lowest BCUT2D eigenvalue weighted by Crippen LogP contribution is -2.33. The summed E-state index contributed by atoms with van der Waals surface area (Å²) in [6.45, 7) is 2.17. The van der Waals surface area contributed by atoms with Gasteiger partial charge in [-0.1, -0.05) is 11.2 Å². The molecule has 2 rings (SSSR count). The van der Waals surface area contributed by atoms with E-state index in [-0.39, 0.29) is 18.0 Å². The van der Waals surface area contributed by atoms with Crippen molar-refractivity contribution in [3.05, 3.63) is 46.5 Å². The van der Waals surface area contributed by atoms with Gasteiger partial charge in [-0.15, -0.1) is 0 Å². The van der Waals surface area contributed by atoms with Crippen molar-refractivity contribution in [2.75, 3.05) is 13.7 Å². The standard InChI is InChI=1S/C14H18N4O4/c1-10(14-16-11(17-22-14)6-8-21-2)15-12(19)9-18-7-4-3-5-13(18)20/h3-5,7,10H,6,8-9H2,1-2H3,(H,15,19)/t10-/m0/s1. The number of carbonyl (C=O) groups excluding carboxylic acids is 1. The molecule has 118 valence electrons. The van der Waals surface area contributed by atoms with E-state index in [1.54, 1.807) is 32.4 Å². The number of amides is 1. The highest BCUT2D eigenvalue weighted by atomic mass is 16.5. The first-order valence-electron chi connectivity index (χ1n) is 6.86. The summed E-state index contributed by atoms with van der Waals surface area (Å²) < 4.78 is 11.4. The van der Waals surface area contributed by atoms with E-state index >= 15 is 0 Å². The molecule has 0 radical (unpaired) electrons. The van der Waals surface area contributed by atoms with Gasteiger partial charge in [-0.25, -0.2) is 0 Å². The number of hydrogen-bond donors (Lipinski definition) is 1. The quantitative estimate of drug-likeness (QED) is 0.789. The average molecular weight is 306 g/mol. The van der Waals surface area contributed by atoms with Crippen molar-refractivity contribution in [2.45, 2.75) is 25.9 Å². The second-order valence-corrected chi connectivity index (χ2v) is 4.75. The molecule has 0 saturated carbocycles. The minimum absolute atomic E-state index is 0.0608. The van der Waals surface area contributed by atoms with Gasteiger partial charge in [0.1, 0.15) is 12.6 Å². The molecule has 0 saturated heterocycles. The normalized spacial score (nSPS) is 12.1. The molecule has 0 aliphatic rings. The summed E-state index contributed by atoms with van der Waals surface area (Å²) in [5, 5.41) is 6.52. The molecular formula is C14H18N4O4. The second kappa shape index (κ2) is 7.51. The van der Waals surface area contributed by atoms with Crippen LogP contribution < -0.4 is 10.9 Å². The number of nitrogens with one attached hydrogen (secondary N) is 1. The van der Waals surface area contributed by atoms with Crippen LogP contribution in [0.4, 0.5) is 0 Å². The molecule has 0 fully saturated rings. The van der Waals surface area contributed by atoms with Gasteiger partial charge in [0, 0.05) is 25.8 Å². The van der Waals surface area contributed by atoms with Gasteiger partial charge in [-0.05, 0) is 13.0 Å². The second-order valence-electron chi connectivity index (χ2n) is 4.75. The number of carbonyl (C=O) groups is 1. The van der Waals surface area contributed by atoms with E-state index in [1.807, 2.05) is 0 Å². The Labute approximate surface area is 127 Å². The zero-order valence-corrected chi connectivity index (χ0v) is 12.5. The fourth-order valence-electron chi connectivity index (χ4n) is 1.83. The highest BCUT2D eigenvalue weighted by Crippen LogP contribution is 2.09. The fraction of sp³-hybridized carbons (Fsp3) is 0.429. The van der Waals surface area contributed by atoms with Crippen LogP contribution in [0.3, 0.4) is 0 Å². The van der Waals surface area contributed by atoms with E-state index in [1.165, 1.54) is 10.6 Å². The number of nitrogens with zero attached hydrogens (tertiary/aromatic N) is 3. The number of pyridine rings is 1. The smallest absolute Gasteiger partial charge is 0.250 e. The lowest BCUT2D eigenvalue weighted by atomic mass is 10.3. The number of methoxy groups -OCH3 is 1. The Morgan fingerprint density at radius 3 is 3.05 bits per heavy atom. The monoisotopic (exact) mass is 306 g/mol. The van der Waals surface area contributed by atoms with Gasteiger partial charge in [-0.3, -0.25) is 9.59 Å². The van der Waals surface area contributed by atoms with Gasteiger partial charge < -0.3 is 19.1 Å². The van der Waals surface area contributed by atoms with Gasteiger partial charge in [0.2, 0.25) is 11.8 Å². The van der Waals surface area contributed by atoms with Crippen molar-refractivity contribution >= 4 is 5.91 Å². The Hall–Kier alpha value is -2.48. The summed E-state index contributed by atoms with van der Waals surface area (Å²) in [6.07, 6.45) is 2.10. The van der Waals surface area contributed by atoms with Crippen LogP contribution in [-0.4, -0.2) is 34.3 Å². The summed E-state index contributed by atoms with van der Waals surface area (Å²) in [4.78, 5) is 27.7. The third-order valence-electron chi connectivity index (χ3n) is 2.97. The Morgan fingerprint density at radius 1 is 1.50 bits per heavy atom. The van der Waals surface area contributed by atoms with Gasteiger partial charge in [0.05, 0.1) is 6.61 Å². The molecule has 0 bridgehead atoms. The SMILES string of the molecule is COCCc1noc([C@H](C)NC(=O)Cn2ccccc2=O)n1. The molecule has 0 aliphatic carbocycles. The molecule has 8 heteroatoms. The predicted molar refractivity (Wildman–Crippen MR) is 77.1 cm³/mol. The first kappa shape index (κ1) is 15.9. The summed E-state index contributed by atoms with van der Waals surface area (Å²) in [5.41, 5.74) is -0.232. The topological polar surface area (TPSA) is 99.3 Å². The summed E-state index contributed by atoms with van der Waals surface area (Å²) in [5.74, 6) is 0.537. The Morgan fingerprint density at radius 2 is 2.32 bits per heavy atom. The van der Waals surface area contributed by atoms with Crippen LogP contribution in [0.5, 0.6) is 0 Å². The first-order chi connectivity index (χ1) is 10.6. The van der Waals surface area contributed by atoms with Gasteiger partial charge in [-0.2, -0.15) is 4.98 Å². The van der Waals surface area contributed by atoms with Crippen molar-refractivity contribution in [1.29, 1.82) is 0 Å². The third kappa shape index (κ3) is 4.26. The van der Waals surface area contributed by atoms with E-state index in [0.717, 1.165) is 0 Å². The highest BCUT2D eigenvalue weighted by molar-refractivity contribution is 5.76. The number of rotatable bonds is 7. The number of hydrogen-bond acceptors (Lipinski definition) is 6. The van der Waals surface area contributed by atoms with Crippen LogP contribution in [0.1, 0.15) is 24.7 Å². The molecule has 22 heavy (non-hydrogen) atoms. The van der Waals surface area contributed by atoms with Crippen molar-refractivity contribution in [3.8, 4) is 0 Å². The van der Waals surface area contributed by atoms with E-state index in [4.69, 9.17) is 9.26 Å². The van der Waals surface area contributed by atoms with E-state index in [2.05, 4.69) is 15.5 Å². The Bertz CT molecular complexity index is 679. The molecule has 2 aromatic heterocycles. The van der Waals surface area contributed by atoms with Gasteiger partial charge >= 0.3 is 0 Å². The molecule has 1 atom stereocenters. The molecule has 0 aromatic carbocycles. The Balaban J connectivity index is 1.92. The summed E-state index contributed by atoms with van der Waals surface area (Å²) in [7, 11) is 1.59. The largest absolute Gasteiger partial charge is 0.384 e. The van der Waals surface area contributed by atoms with Gasteiger partial charge in [0.25, 0.3) is 5.56 Å². The molecule has 1 N–H and O–H groups in total. The van der Waals surface area contributed by atoms with Crippen molar-refractivity contribution in [2.24, 2.45) is 0 Å². The van der Waals surface area contributed by atoms with Crippen LogP contribution in [0.2, 0.25) is 0 Å². The zero-order chi connectivity index (χ0) is 15.9. The summed E-state index contributed by atoms with van der Waals surface area (Å²) >= 11 is 0. The maximum absolute atomic E-state index is 11.9. The van der Waals surface area contributed by atoms with Gasteiger partial charge in [0.15, 0.2) is 5.82 Å². The minimum atomic E-state index is -0.435. The predicted octanol–water partition coefficient (Wildman–Crippen LogP) is 0.298. The van der Waals surface area contributed by atoms with Crippen LogP contribution in [-0.2, 0) is 22.5 Å². The van der Waals surface area contributed by atoms with Crippen molar-refractivity contribution in [1.82, 2.24) is 20.0 Å². The molecule has 0 unspecified atom stereocenters. The first-order valence-corrected chi connectivity index (χ1v) is 6.86. The molecule has 0 aliphatic heterocycles. The third-order valence-corrected chi connectivity index (χ3v) is 2.97. The molecule has 8 nitrogen and oxygen atoms in total. The summed E-state index contributed by atoms with van der Waals surface area (Å²) in [6, 6.07) is 4.28.